The van der Waals surface area contributed by atoms with Gasteiger partial charge in [-0.15, -0.1) is 12.4 Å². The second-order valence-electron chi connectivity index (χ2n) is 2.34. The number of hydrogen-bond donors (Lipinski definition) is 1. The highest BCUT2D eigenvalue weighted by Gasteiger charge is 2.24. The molecular weight excluding hydrogens is 253 g/mol. The Morgan fingerprint density at radius 2 is 1.93 bits per heavy atom. The van der Waals surface area contributed by atoms with Gasteiger partial charge in [-0.2, -0.15) is 8.42 Å². The van der Waals surface area contributed by atoms with E-state index in [4.69, 9.17) is 4.55 Å². The first-order chi connectivity index (χ1) is 6.32. The van der Waals surface area contributed by atoms with Crippen LogP contribution in [-0.4, -0.2) is 17.9 Å². The predicted molar refractivity (Wildman–Crippen MR) is 50.1 cm³/mol. The molecular formula is C6H5ClFNO5S. The zero-order chi connectivity index (χ0) is 10.9. The minimum absolute atomic E-state index is 0. The predicted octanol–water partition coefficient (Wildman–Crippen LogP) is 1.40. The molecule has 0 saturated heterocycles. The highest BCUT2D eigenvalue weighted by molar-refractivity contribution is 7.86. The van der Waals surface area contributed by atoms with Crippen molar-refractivity contribution in [1.82, 2.24) is 0 Å². The van der Waals surface area contributed by atoms with Crippen LogP contribution in [0, 0.1) is 15.9 Å². The van der Waals surface area contributed by atoms with E-state index in [-0.39, 0.29) is 12.4 Å². The zero-order valence-electron chi connectivity index (χ0n) is 6.95. The van der Waals surface area contributed by atoms with Crippen molar-refractivity contribution in [1.29, 1.82) is 0 Å². The van der Waals surface area contributed by atoms with Crippen molar-refractivity contribution >= 4 is 28.2 Å². The number of nitrogens with zero attached hydrogens (tertiary/aromatic N) is 1. The lowest BCUT2D eigenvalue weighted by Gasteiger charge is -1.98. The Hall–Kier alpha value is -1.25. The summed E-state index contributed by atoms with van der Waals surface area (Å²) in [6.07, 6.45) is 0. The molecule has 1 aromatic carbocycles. The maximum Gasteiger partial charge on any atom is 0.301 e. The molecule has 0 aliphatic rings. The first kappa shape index (κ1) is 13.8. The molecule has 0 bridgehead atoms. The van der Waals surface area contributed by atoms with Crippen LogP contribution in [0.4, 0.5) is 10.1 Å². The minimum atomic E-state index is -4.70. The van der Waals surface area contributed by atoms with Gasteiger partial charge in [-0.05, 0) is 12.1 Å². The summed E-state index contributed by atoms with van der Waals surface area (Å²) in [5.74, 6) is -0.955. The van der Waals surface area contributed by atoms with Crippen LogP contribution in [0.2, 0.25) is 0 Å². The molecule has 84 valence electrons. The van der Waals surface area contributed by atoms with Crippen LogP contribution in [0.1, 0.15) is 0 Å². The molecule has 9 heteroatoms. The van der Waals surface area contributed by atoms with Crippen LogP contribution in [0.3, 0.4) is 0 Å². The highest BCUT2D eigenvalue weighted by Crippen LogP contribution is 2.23. The zero-order valence-corrected chi connectivity index (χ0v) is 8.59. The summed E-state index contributed by atoms with van der Waals surface area (Å²) in [7, 11) is -4.70. The van der Waals surface area contributed by atoms with Gasteiger partial charge in [0.1, 0.15) is 5.82 Å². The molecule has 6 nitrogen and oxygen atoms in total. The van der Waals surface area contributed by atoms with Crippen molar-refractivity contribution < 1.29 is 22.3 Å². The first-order valence-electron chi connectivity index (χ1n) is 3.24. The Balaban J connectivity index is 0.00000196. The molecule has 15 heavy (non-hydrogen) atoms. The molecule has 0 unspecified atom stereocenters. The van der Waals surface area contributed by atoms with Crippen LogP contribution < -0.4 is 0 Å². The summed E-state index contributed by atoms with van der Waals surface area (Å²) >= 11 is 0. The first-order valence-corrected chi connectivity index (χ1v) is 4.68. The van der Waals surface area contributed by atoms with Crippen LogP contribution in [-0.2, 0) is 10.1 Å². The van der Waals surface area contributed by atoms with Gasteiger partial charge in [-0.1, -0.05) is 0 Å². The molecule has 0 spiro atoms. The molecule has 1 aromatic rings. The highest BCUT2D eigenvalue weighted by atomic mass is 35.5. The van der Waals surface area contributed by atoms with Crippen molar-refractivity contribution in [2.45, 2.75) is 4.90 Å². The van der Waals surface area contributed by atoms with Crippen molar-refractivity contribution in [3.63, 3.8) is 0 Å². The van der Waals surface area contributed by atoms with E-state index >= 15 is 0 Å². The van der Waals surface area contributed by atoms with Crippen LogP contribution in [0.25, 0.3) is 0 Å². The van der Waals surface area contributed by atoms with E-state index in [1.165, 1.54) is 0 Å². The fourth-order valence-electron chi connectivity index (χ4n) is 0.851. The molecule has 0 heterocycles. The van der Waals surface area contributed by atoms with E-state index in [2.05, 4.69) is 0 Å². The molecule has 0 amide bonds. The standard InChI is InChI=1S/C6H4FNO5S.ClH/c7-4-1-2-6(14(11,12)13)5(3-4)8(9)10;/h1-3H,(H,11,12,13);1H. The Kier molecular flexibility index (Phi) is 4.14. The second kappa shape index (κ2) is 4.51. The summed E-state index contributed by atoms with van der Waals surface area (Å²) in [6.45, 7) is 0. The molecule has 0 aromatic heterocycles. The summed E-state index contributed by atoms with van der Waals surface area (Å²) in [4.78, 5) is 8.27. The third-order valence-electron chi connectivity index (χ3n) is 1.40. The third kappa shape index (κ3) is 3.11. The smallest absolute Gasteiger partial charge is 0.282 e. The Labute approximate surface area is 90.0 Å². The maximum atomic E-state index is 12.5. The number of benzene rings is 1. The topological polar surface area (TPSA) is 97.5 Å². The fourth-order valence-corrected chi connectivity index (χ4v) is 1.49. The van der Waals surface area contributed by atoms with Crippen LogP contribution >= 0.6 is 12.4 Å². The normalized spacial score (nSPS) is 10.5. The minimum Gasteiger partial charge on any atom is -0.282 e. The summed E-state index contributed by atoms with van der Waals surface area (Å²) < 4.78 is 42.3. The molecule has 0 aliphatic heterocycles. The van der Waals surface area contributed by atoms with E-state index < -0.39 is 31.4 Å². The van der Waals surface area contributed by atoms with Gasteiger partial charge < -0.3 is 0 Å². The number of nitro benzene ring substituents is 1. The number of nitro groups is 1. The van der Waals surface area contributed by atoms with Gasteiger partial charge in [0.2, 0.25) is 0 Å². The lowest BCUT2D eigenvalue weighted by Crippen LogP contribution is -2.03. The fraction of sp³-hybridized carbons (Fsp3) is 0. The van der Waals surface area contributed by atoms with E-state index in [1.54, 1.807) is 0 Å². The summed E-state index contributed by atoms with van der Waals surface area (Å²) in [5, 5.41) is 10.3. The van der Waals surface area contributed by atoms with Crippen molar-refractivity contribution in [3.05, 3.63) is 34.1 Å². The summed E-state index contributed by atoms with van der Waals surface area (Å²) in [6, 6.07) is 1.75. The van der Waals surface area contributed by atoms with E-state index in [1.807, 2.05) is 0 Å². The number of halogens is 2. The molecule has 0 saturated carbocycles. The lowest BCUT2D eigenvalue weighted by atomic mass is 10.3. The van der Waals surface area contributed by atoms with Crippen molar-refractivity contribution in [3.8, 4) is 0 Å². The average Bonchev–Trinajstić information content (AvgIpc) is 2.01. The van der Waals surface area contributed by atoms with Gasteiger partial charge in [0.05, 0.1) is 11.0 Å². The second-order valence-corrected chi connectivity index (χ2v) is 3.73. The van der Waals surface area contributed by atoms with Gasteiger partial charge in [0.25, 0.3) is 5.69 Å². The Morgan fingerprint density at radius 3 is 2.33 bits per heavy atom. The van der Waals surface area contributed by atoms with E-state index in [0.29, 0.717) is 18.2 Å². The largest absolute Gasteiger partial charge is 0.301 e. The van der Waals surface area contributed by atoms with Gasteiger partial charge in [-0.3, -0.25) is 14.7 Å². The molecule has 1 N–H and O–H groups in total. The molecule has 0 atom stereocenters. The third-order valence-corrected chi connectivity index (χ3v) is 2.30. The van der Waals surface area contributed by atoms with Gasteiger partial charge in [0, 0.05) is 0 Å². The molecule has 1 rings (SSSR count). The van der Waals surface area contributed by atoms with Gasteiger partial charge >= 0.3 is 10.1 Å². The molecule has 0 radical (unpaired) electrons. The van der Waals surface area contributed by atoms with Crippen molar-refractivity contribution in [2.24, 2.45) is 0 Å². The Bertz CT molecular complexity index is 488. The number of rotatable bonds is 2. The maximum absolute atomic E-state index is 12.5. The van der Waals surface area contributed by atoms with E-state index in [0.717, 1.165) is 0 Å². The Morgan fingerprint density at radius 1 is 1.40 bits per heavy atom. The molecule has 0 fully saturated rings. The lowest BCUT2D eigenvalue weighted by molar-refractivity contribution is -0.388. The average molecular weight is 258 g/mol. The number of hydrogen-bond acceptors (Lipinski definition) is 4. The molecule has 0 aliphatic carbocycles. The van der Waals surface area contributed by atoms with Gasteiger partial charge in [-0.25, -0.2) is 4.39 Å². The monoisotopic (exact) mass is 257 g/mol. The SMILES string of the molecule is Cl.O=[N+]([O-])c1cc(F)ccc1S(=O)(=O)O. The van der Waals surface area contributed by atoms with E-state index in [9.17, 15) is 22.9 Å². The van der Waals surface area contributed by atoms with Gasteiger partial charge in [0.15, 0.2) is 4.90 Å². The van der Waals surface area contributed by atoms with Crippen LogP contribution in [0.5, 0.6) is 0 Å². The summed E-state index contributed by atoms with van der Waals surface area (Å²) in [5.41, 5.74) is -0.993. The van der Waals surface area contributed by atoms with Crippen LogP contribution in [0.15, 0.2) is 23.1 Å². The quantitative estimate of drug-likeness (QED) is 0.491. The van der Waals surface area contributed by atoms with Crippen molar-refractivity contribution in [2.75, 3.05) is 0 Å².